The third-order valence-corrected chi connectivity index (χ3v) is 9.39. The normalized spacial score (nSPS) is 29.6. The Morgan fingerprint density at radius 1 is 1.14 bits per heavy atom. The van der Waals surface area contributed by atoms with E-state index in [-0.39, 0.29) is 21.4 Å². The second-order valence-corrected chi connectivity index (χ2v) is 10.4. The van der Waals surface area contributed by atoms with Gasteiger partial charge in [-0.1, -0.05) is 23.5 Å². The average Bonchev–Trinajstić information content (AvgIpc) is 3.49. The predicted molar refractivity (Wildman–Crippen MR) is 112 cm³/mol. The molecule has 2 bridgehead atoms. The van der Waals surface area contributed by atoms with Gasteiger partial charge in [0.15, 0.2) is 0 Å². The number of benzene rings is 1. The first kappa shape index (κ1) is 17.5. The summed E-state index contributed by atoms with van der Waals surface area (Å²) in [6, 6.07) is 10.4. The Morgan fingerprint density at radius 3 is 2.83 bits per heavy atom. The number of para-hydroxylation sites is 1. The van der Waals surface area contributed by atoms with Crippen LogP contribution in [0.4, 0.5) is 5.69 Å². The van der Waals surface area contributed by atoms with E-state index in [0.717, 1.165) is 15.7 Å². The van der Waals surface area contributed by atoms with E-state index < -0.39 is 0 Å². The molecule has 0 saturated heterocycles. The summed E-state index contributed by atoms with van der Waals surface area (Å²) in [5.41, 5.74) is 0.526. The molecule has 5 atom stereocenters. The van der Waals surface area contributed by atoms with Crippen LogP contribution in [0.1, 0.15) is 35.8 Å². The molecular weight excluding hydrogens is 408 g/mol. The van der Waals surface area contributed by atoms with E-state index >= 15 is 0 Å². The summed E-state index contributed by atoms with van der Waals surface area (Å²) in [5.74, 6) is 3.20. The minimum atomic E-state index is -0.378. The lowest BCUT2D eigenvalue weighted by Crippen LogP contribution is -2.33. The summed E-state index contributed by atoms with van der Waals surface area (Å²) < 4.78 is 6.26. The highest BCUT2D eigenvalue weighted by atomic mass is 32.2. The standard InChI is InChI=1S/C21H18N2O4S2/c24-21-22-20-19(29-21)17(16-10-5-6-11(9-10)18(16)28-20)15-8-7-14(27-15)12-3-1-2-4-13(12)23(25)26/h1-4,7-8,10-11,16-18H,5-6,9H2,(H,22,24)/t10-,11-,16-,17-,18-/m0/s1. The number of thioether (sulfide) groups is 1. The highest BCUT2D eigenvalue weighted by molar-refractivity contribution is 8.00. The van der Waals surface area contributed by atoms with E-state index in [2.05, 4.69) is 4.98 Å². The van der Waals surface area contributed by atoms with Crippen molar-refractivity contribution < 1.29 is 9.34 Å². The first-order chi connectivity index (χ1) is 14.1. The number of hydrogen-bond donors (Lipinski definition) is 1. The topological polar surface area (TPSA) is 89.1 Å². The third-order valence-electron chi connectivity index (χ3n) is 6.76. The van der Waals surface area contributed by atoms with Gasteiger partial charge in [0.05, 0.1) is 26.3 Å². The van der Waals surface area contributed by atoms with E-state index in [0.29, 0.717) is 34.3 Å². The second kappa shape index (κ2) is 6.34. The number of nitro groups is 1. The number of nitrogens with one attached hydrogen (secondary N) is 1. The zero-order valence-corrected chi connectivity index (χ0v) is 17.0. The number of aromatic amines is 1. The Hall–Kier alpha value is -2.32. The molecule has 148 valence electrons. The van der Waals surface area contributed by atoms with Crippen LogP contribution >= 0.6 is 23.1 Å². The maximum absolute atomic E-state index is 12.1. The van der Waals surface area contributed by atoms with Crippen molar-refractivity contribution in [3.05, 3.63) is 66.8 Å². The molecule has 2 aliphatic carbocycles. The van der Waals surface area contributed by atoms with E-state index in [1.54, 1.807) is 18.2 Å². The third kappa shape index (κ3) is 2.58. The van der Waals surface area contributed by atoms with Gasteiger partial charge in [0, 0.05) is 11.3 Å². The number of nitro benzene ring substituents is 1. The lowest BCUT2D eigenvalue weighted by atomic mass is 9.77. The Labute approximate surface area is 174 Å². The molecule has 8 heteroatoms. The first-order valence-corrected chi connectivity index (χ1v) is 11.5. The molecule has 0 spiro atoms. The van der Waals surface area contributed by atoms with Gasteiger partial charge >= 0.3 is 4.87 Å². The monoisotopic (exact) mass is 426 g/mol. The molecule has 0 radical (unpaired) electrons. The Bertz CT molecular complexity index is 1180. The van der Waals surface area contributed by atoms with Gasteiger partial charge in [-0.05, 0) is 55.2 Å². The quantitative estimate of drug-likeness (QED) is 0.456. The predicted octanol–water partition coefficient (Wildman–Crippen LogP) is 5.26. The molecule has 1 N–H and O–H groups in total. The Balaban J connectivity index is 1.47. The molecule has 1 aromatic carbocycles. The van der Waals surface area contributed by atoms with Crippen LogP contribution < -0.4 is 4.87 Å². The van der Waals surface area contributed by atoms with Gasteiger partial charge in [-0.25, -0.2) is 0 Å². The minimum Gasteiger partial charge on any atom is -0.460 e. The number of H-pyrrole nitrogens is 1. The average molecular weight is 427 g/mol. The summed E-state index contributed by atoms with van der Waals surface area (Å²) in [7, 11) is 0. The zero-order chi connectivity index (χ0) is 19.7. The SMILES string of the molecule is O=c1[nH]c2c(s1)[C@@H](c1ccc(-c3ccccc3[N+](=O)[O-])o1)[C@@H]1[C@H]3CC[C@@H](C3)[C@@H]1S2. The summed E-state index contributed by atoms with van der Waals surface area (Å²) in [5, 5.41) is 12.9. The molecule has 3 aliphatic rings. The van der Waals surface area contributed by atoms with E-state index in [4.69, 9.17) is 4.42 Å². The molecule has 3 heterocycles. The summed E-state index contributed by atoms with van der Waals surface area (Å²) in [4.78, 5) is 27.2. The van der Waals surface area contributed by atoms with Crippen LogP contribution in [0.5, 0.6) is 0 Å². The van der Waals surface area contributed by atoms with Crippen molar-refractivity contribution in [1.82, 2.24) is 4.98 Å². The molecule has 2 aromatic heterocycles. The largest absolute Gasteiger partial charge is 0.460 e. The Morgan fingerprint density at radius 2 is 1.97 bits per heavy atom. The van der Waals surface area contributed by atoms with Gasteiger partial charge in [-0.15, -0.1) is 11.8 Å². The summed E-state index contributed by atoms with van der Waals surface area (Å²) in [6.07, 6.45) is 3.78. The van der Waals surface area contributed by atoms with Crippen LogP contribution in [0.3, 0.4) is 0 Å². The van der Waals surface area contributed by atoms with Gasteiger partial charge in [0.1, 0.15) is 11.5 Å². The second-order valence-electron chi connectivity index (χ2n) is 8.15. The van der Waals surface area contributed by atoms with Crippen molar-refractivity contribution in [3.63, 3.8) is 0 Å². The molecule has 0 amide bonds. The van der Waals surface area contributed by atoms with Crippen molar-refractivity contribution in [2.24, 2.45) is 17.8 Å². The highest BCUT2D eigenvalue weighted by Gasteiger charge is 2.55. The molecule has 6 rings (SSSR count). The number of thiazole rings is 1. The maximum Gasteiger partial charge on any atom is 0.305 e. The van der Waals surface area contributed by atoms with Crippen molar-refractivity contribution in [2.75, 3.05) is 0 Å². The number of furan rings is 1. The number of fused-ring (bicyclic) bond motifs is 6. The van der Waals surface area contributed by atoms with Gasteiger partial charge in [0.2, 0.25) is 0 Å². The highest BCUT2D eigenvalue weighted by Crippen LogP contribution is 2.63. The van der Waals surface area contributed by atoms with Crippen molar-refractivity contribution in [2.45, 2.75) is 35.5 Å². The zero-order valence-electron chi connectivity index (χ0n) is 15.4. The number of nitrogens with zero attached hydrogens (tertiary/aromatic N) is 1. The first-order valence-electron chi connectivity index (χ1n) is 9.83. The molecule has 1 aliphatic heterocycles. The van der Waals surface area contributed by atoms with Gasteiger partial charge < -0.3 is 9.40 Å². The van der Waals surface area contributed by atoms with Crippen LogP contribution in [0.25, 0.3) is 11.3 Å². The van der Waals surface area contributed by atoms with Crippen LogP contribution in [0.2, 0.25) is 0 Å². The molecule has 0 unspecified atom stereocenters. The van der Waals surface area contributed by atoms with E-state index in [1.165, 1.54) is 36.7 Å². The fourth-order valence-corrected chi connectivity index (χ4v) is 8.55. The van der Waals surface area contributed by atoms with Crippen molar-refractivity contribution in [1.29, 1.82) is 0 Å². The van der Waals surface area contributed by atoms with Crippen LogP contribution in [0.15, 0.2) is 50.6 Å². The summed E-state index contributed by atoms with van der Waals surface area (Å²) in [6.45, 7) is 0. The number of hydrogen-bond acceptors (Lipinski definition) is 6. The number of rotatable bonds is 3. The fraction of sp³-hybridized carbons (Fsp3) is 0.381. The molecule has 2 fully saturated rings. The number of aromatic nitrogens is 1. The molecule has 6 nitrogen and oxygen atoms in total. The van der Waals surface area contributed by atoms with E-state index in [9.17, 15) is 14.9 Å². The smallest absolute Gasteiger partial charge is 0.305 e. The minimum absolute atomic E-state index is 0.0229. The van der Waals surface area contributed by atoms with Crippen LogP contribution in [-0.4, -0.2) is 15.2 Å². The molecule has 29 heavy (non-hydrogen) atoms. The lowest BCUT2D eigenvalue weighted by Gasteiger charge is -2.38. The summed E-state index contributed by atoms with van der Waals surface area (Å²) >= 11 is 3.13. The molecule has 2 saturated carbocycles. The maximum atomic E-state index is 12.1. The van der Waals surface area contributed by atoms with Gasteiger partial charge in [0.25, 0.3) is 5.69 Å². The lowest BCUT2D eigenvalue weighted by molar-refractivity contribution is -0.384. The Kier molecular flexibility index (Phi) is 3.83. The van der Waals surface area contributed by atoms with Crippen LogP contribution in [0, 0.1) is 27.9 Å². The molecule has 3 aromatic rings. The van der Waals surface area contributed by atoms with E-state index in [1.807, 2.05) is 23.9 Å². The van der Waals surface area contributed by atoms with Gasteiger partial charge in [-0.2, -0.15) is 0 Å². The van der Waals surface area contributed by atoms with Crippen LogP contribution in [-0.2, 0) is 0 Å². The van der Waals surface area contributed by atoms with Crippen molar-refractivity contribution >= 4 is 28.8 Å². The fourth-order valence-electron chi connectivity index (χ4n) is 5.67. The van der Waals surface area contributed by atoms with Gasteiger partial charge in [-0.3, -0.25) is 14.9 Å². The van der Waals surface area contributed by atoms with Crippen molar-refractivity contribution in [3.8, 4) is 11.3 Å². The molecular formula is C21H18N2O4S2.